The molecule has 0 radical (unpaired) electrons. The second kappa shape index (κ2) is 10.8. The molecule has 156 valence electrons. The number of hydrogen-bond donors (Lipinski definition) is 1. The smallest absolute Gasteiger partial charge is 0.258 e. The van der Waals surface area contributed by atoms with E-state index in [0.717, 1.165) is 29.7 Å². The molecular formula is C25H27ClN2O2. The van der Waals surface area contributed by atoms with Crippen LogP contribution in [0.5, 0.6) is 5.75 Å². The van der Waals surface area contributed by atoms with Gasteiger partial charge in [-0.1, -0.05) is 66.2 Å². The van der Waals surface area contributed by atoms with E-state index in [0.29, 0.717) is 10.8 Å². The van der Waals surface area contributed by atoms with E-state index in [2.05, 4.69) is 22.3 Å². The van der Waals surface area contributed by atoms with Crippen molar-refractivity contribution in [1.82, 2.24) is 10.2 Å². The standard InChI is InChI=1S/C25H27ClN2O2/c1-28(2)17-16-24(21-8-12-22(26)13-9-21)27-25(29)18-30-23-14-10-20(11-15-23)19-6-4-3-5-7-19/h3-15,24H,16-18H2,1-2H3,(H,27,29). The Morgan fingerprint density at radius 2 is 1.57 bits per heavy atom. The zero-order valence-corrected chi connectivity index (χ0v) is 18.1. The van der Waals surface area contributed by atoms with Crippen LogP contribution in [-0.2, 0) is 4.79 Å². The summed E-state index contributed by atoms with van der Waals surface area (Å²) in [5, 5.41) is 3.76. The van der Waals surface area contributed by atoms with Gasteiger partial charge in [-0.05, 0) is 68.0 Å². The molecule has 0 aliphatic rings. The van der Waals surface area contributed by atoms with Crippen LogP contribution in [0.15, 0.2) is 78.9 Å². The third-order valence-electron chi connectivity index (χ3n) is 4.80. The molecule has 1 unspecified atom stereocenters. The molecule has 3 aromatic carbocycles. The molecule has 0 aromatic heterocycles. The molecule has 0 saturated carbocycles. The highest BCUT2D eigenvalue weighted by Crippen LogP contribution is 2.22. The Kier molecular flexibility index (Phi) is 7.89. The Bertz CT molecular complexity index is 926. The minimum atomic E-state index is -0.152. The van der Waals surface area contributed by atoms with Gasteiger partial charge in [-0.15, -0.1) is 0 Å². The van der Waals surface area contributed by atoms with Gasteiger partial charge in [0, 0.05) is 5.02 Å². The van der Waals surface area contributed by atoms with Crippen LogP contribution in [0.4, 0.5) is 0 Å². The van der Waals surface area contributed by atoms with Crippen LogP contribution in [0.1, 0.15) is 18.0 Å². The first-order chi connectivity index (χ1) is 14.5. The number of hydrogen-bond acceptors (Lipinski definition) is 3. The van der Waals surface area contributed by atoms with E-state index in [1.807, 2.05) is 80.8 Å². The zero-order valence-electron chi connectivity index (χ0n) is 17.3. The molecule has 4 nitrogen and oxygen atoms in total. The predicted molar refractivity (Wildman–Crippen MR) is 123 cm³/mol. The minimum absolute atomic E-state index is 0.0310. The van der Waals surface area contributed by atoms with Crippen LogP contribution in [0.25, 0.3) is 11.1 Å². The fourth-order valence-electron chi connectivity index (χ4n) is 3.16. The topological polar surface area (TPSA) is 41.6 Å². The van der Waals surface area contributed by atoms with Crippen LogP contribution in [0.3, 0.4) is 0 Å². The summed E-state index contributed by atoms with van der Waals surface area (Å²) < 4.78 is 5.70. The predicted octanol–water partition coefficient (Wildman–Crippen LogP) is 5.20. The Labute approximate surface area is 183 Å². The number of halogens is 1. The fourth-order valence-corrected chi connectivity index (χ4v) is 3.29. The number of ether oxygens (including phenoxy) is 1. The van der Waals surface area contributed by atoms with E-state index in [-0.39, 0.29) is 18.6 Å². The van der Waals surface area contributed by atoms with E-state index >= 15 is 0 Å². The second-order valence-electron chi connectivity index (χ2n) is 7.44. The largest absolute Gasteiger partial charge is 0.484 e. The molecule has 3 rings (SSSR count). The third kappa shape index (κ3) is 6.61. The van der Waals surface area contributed by atoms with Gasteiger partial charge in [0.25, 0.3) is 5.91 Å². The normalized spacial score (nSPS) is 11.9. The maximum Gasteiger partial charge on any atom is 0.258 e. The van der Waals surface area contributed by atoms with Gasteiger partial charge in [0.2, 0.25) is 0 Å². The summed E-state index contributed by atoms with van der Waals surface area (Å²) in [6.07, 6.45) is 0.798. The van der Waals surface area contributed by atoms with Crippen LogP contribution < -0.4 is 10.1 Å². The molecule has 3 aromatic rings. The average molecular weight is 423 g/mol. The van der Waals surface area contributed by atoms with Gasteiger partial charge in [0.05, 0.1) is 6.04 Å². The van der Waals surface area contributed by atoms with E-state index in [4.69, 9.17) is 16.3 Å². The number of amides is 1. The molecule has 0 aliphatic carbocycles. The van der Waals surface area contributed by atoms with Crippen molar-refractivity contribution >= 4 is 17.5 Å². The number of carbonyl (C=O) groups excluding carboxylic acids is 1. The van der Waals surface area contributed by atoms with Crippen LogP contribution >= 0.6 is 11.6 Å². The summed E-state index contributed by atoms with van der Waals surface area (Å²) in [6, 6.07) is 25.4. The first kappa shape index (κ1) is 21.9. The van der Waals surface area contributed by atoms with Crippen molar-refractivity contribution in [2.75, 3.05) is 27.2 Å². The Morgan fingerprint density at radius 1 is 0.933 bits per heavy atom. The first-order valence-electron chi connectivity index (χ1n) is 9.99. The first-order valence-corrected chi connectivity index (χ1v) is 10.4. The summed E-state index contributed by atoms with van der Waals surface area (Å²) >= 11 is 6.00. The lowest BCUT2D eigenvalue weighted by Crippen LogP contribution is -2.34. The quantitative estimate of drug-likeness (QED) is 0.515. The SMILES string of the molecule is CN(C)CCC(NC(=O)COc1ccc(-c2ccccc2)cc1)c1ccc(Cl)cc1. The van der Waals surface area contributed by atoms with Gasteiger partial charge in [0.1, 0.15) is 5.75 Å². The number of rotatable bonds is 9. The summed E-state index contributed by atoms with van der Waals surface area (Å²) in [5.41, 5.74) is 3.29. The van der Waals surface area contributed by atoms with Gasteiger partial charge in [-0.25, -0.2) is 0 Å². The molecule has 0 saturated heterocycles. The van der Waals surface area contributed by atoms with E-state index in [1.54, 1.807) is 0 Å². The van der Waals surface area contributed by atoms with Gasteiger partial charge >= 0.3 is 0 Å². The molecule has 5 heteroatoms. The lowest BCUT2D eigenvalue weighted by Gasteiger charge is -2.21. The second-order valence-corrected chi connectivity index (χ2v) is 7.88. The third-order valence-corrected chi connectivity index (χ3v) is 5.06. The van der Waals surface area contributed by atoms with E-state index in [9.17, 15) is 4.79 Å². The Balaban J connectivity index is 1.57. The highest BCUT2D eigenvalue weighted by Gasteiger charge is 2.15. The minimum Gasteiger partial charge on any atom is -0.484 e. The van der Waals surface area contributed by atoms with Crippen molar-refractivity contribution < 1.29 is 9.53 Å². The van der Waals surface area contributed by atoms with Crippen molar-refractivity contribution in [1.29, 1.82) is 0 Å². The van der Waals surface area contributed by atoms with E-state index < -0.39 is 0 Å². The zero-order chi connectivity index (χ0) is 21.3. The maximum atomic E-state index is 12.5. The number of nitrogens with zero attached hydrogens (tertiary/aromatic N) is 1. The number of nitrogens with one attached hydrogen (secondary N) is 1. The monoisotopic (exact) mass is 422 g/mol. The molecule has 30 heavy (non-hydrogen) atoms. The Hall–Kier alpha value is -2.82. The molecule has 0 aliphatic heterocycles. The van der Waals surface area contributed by atoms with Crippen LogP contribution in [-0.4, -0.2) is 38.1 Å². The highest BCUT2D eigenvalue weighted by molar-refractivity contribution is 6.30. The van der Waals surface area contributed by atoms with Gasteiger partial charge < -0.3 is 15.0 Å². The summed E-state index contributed by atoms with van der Waals surface area (Å²) in [4.78, 5) is 14.6. The molecule has 0 heterocycles. The van der Waals surface area contributed by atoms with Crippen LogP contribution in [0.2, 0.25) is 5.02 Å². The molecule has 1 amide bonds. The molecule has 0 fully saturated rings. The number of benzene rings is 3. The number of carbonyl (C=O) groups is 1. The summed E-state index contributed by atoms with van der Waals surface area (Å²) in [7, 11) is 4.03. The van der Waals surface area contributed by atoms with Crippen molar-refractivity contribution in [2.24, 2.45) is 0 Å². The van der Waals surface area contributed by atoms with Crippen molar-refractivity contribution in [3.63, 3.8) is 0 Å². The summed E-state index contributed by atoms with van der Waals surface area (Å²) in [5.74, 6) is 0.516. The molecule has 0 bridgehead atoms. The van der Waals surface area contributed by atoms with Gasteiger partial charge in [0.15, 0.2) is 6.61 Å². The van der Waals surface area contributed by atoms with Crippen molar-refractivity contribution in [3.05, 3.63) is 89.4 Å². The van der Waals surface area contributed by atoms with Crippen molar-refractivity contribution in [2.45, 2.75) is 12.5 Å². The molecule has 1 N–H and O–H groups in total. The molecule has 0 spiro atoms. The van der Waals surface area contributed by atoms with Crippen molar-refractivity contribution in [3.8, 4) is 16.9 Å². The fraction of sp³-hybridized carbons (Fsp3) is 0.240. The van der Waals surface area contributed by atoms with Gasteiger partial charge in [-0.3, -0.25) is 4.79 Å². The molecular weight excluding hydrogens is 396 g/mol. The lowest BCUT2D eigenvalue weighted by molar-refractivity contribution is -0.123. The van der Waals surface area contributed by atoms with Gasteiger partial charge in [-0.2, -0.15) is 0 Å². The Morgan fingerprint density at radius 3 is 2.20 bits per heavy atom. The maximum absolute atomic E-state index is 12.5. The lowest BCUT2D eigenvalue weighted by atomic mass is 10.0. The van der Waals surface area contributed by atoms with Crippen LogP contribution in [0, 0.1) is 0 Å². The molecule has 1 atom stereocenters. The highest BCUT2D eigenvalue weighted by atomic mass is 35.5. The summed E-state index contributed by atoms with van der Waals surface area (Å²) in [6.45, 7) is 0.826. The average Bonchev–Trinajstić information content (AvgIpc) is 2.77. The van der Waals surface area contributed by atoms with E-state index in [1.165, 1.54) is 0 Å².